The molecule has 0 aliphatic rings. The standard InChI is InChI=1S/C12H26NO4/c1-7-11(5,8-2)13(14)16-17-15-12(6,9-3)10-4/h7-10H2,1-6H3/q-1. The molecule has 0 bridgehead atoms. The first-order valence-corrected chi connectivity index (χ1v) is 6.37. The molecule has 0 aliphatic heterocycles. The Balaban J connectivity index is 4.12. The molecule has 0 atom stereocenters. The molecule has 0 aromatic carbocycles. The maximum absolute atomic E-state index is 11.7. The molecular weight excluding hydrogens is 222 g/mol. The SMILES string of the molecule is CCC(C)(CC)OOON([O-])C(C)(CC)CC. The molecule has 0 saturated heterocycles. The summed E-state index contributed by atoms with van der Waals surface area (Å²) < 4.78 is 0. The van der Waals surface area contributed by atoms with Crippen LogP contribution in [0.15, 0.2) is 0 Å². The first-order valence-electron chi connectivity index (χ1n) is 6.37. The topological polar surface area (TPSA) is 54.0 Å². The minimum atomic E-state index is -0.585. The smallest absolute Gasteiger partial charge is 0.103 e. The molecule has 0 saturated carbocycles. The van der Waals surface area contributed by atoms with E-state index in [4.69, 9.17) is 4.89 Å². The summed E-state index contributed by atoms with van der Waals surface area (Å²) in [6, 6.07) is 0. The highest BCUT2D eigenvalue weighted by atomic mass is 17.6. The van der Waals surface area contributed by atoms with Gasteiger partial charge in [0.2, 0.25) is 0 Å². The number of hydroxylamine groups is 2. The molecule has 0 aromatic rings. The summed E-state index contributed by atoms with van der Waals surface area (Å²) in [4.78, 5) is 9.76. The van der Waals surface area contributed by atoms with Crippen LogP contribution < -0.4 is 0 Å². The van der Waals surface area contributed by atoms with Crippen LogP contribution in [0.4, 0.5) is 0 Å². The number of rotatable bonds is 9. The summed E-state index contributed by atoms with van der Waals surface area (Å²) in [5, 5.41) is 16.8. The zero-order valence-electron chi connectivity index (χ0n) is 11.9. The summed E-state index contributed by atoms with van der Waals surface area (Å²) in [5.41, 5.74) is -1.01. The van der Waals surface area contributed by atoms with Gasteiger partial charge in [-0.25, -0.2) is 5.23 Å². The maximum atomic E-state index is 11.7. The largest absolute Gasteiger partial charge is 0.759 e. The van der Waals surface area contributed by atoms with Crippen molar-refractivity contribution in [3.8, 4) is 0 Å². The molecule has 5 nitrogen and oxygen atoms in total. The Labute approximate surface area is 104 Å². The van der Waals surface area contributed by atoms with Crippen LogP contribution in [-0.4, -0.2) is 16.4 Å². The highest BCUT2D eigenvalue weighted by Gasteiger charge is 2.26. The molecule has 0 spiro atoms. The summed E-state index contributed by atoms with van der Waals surface area (Å²) in [7, 11) is 0. The van der Waals surface area contributed by atoms with Crippen LogP contribution in [0.2, 0.25) is 0 Å². The van der Waals surface area contributed by atoms with Gasteiger partial charge in [-0.3, -0.25) is 0 Å². The zero-order chi connectivity index (χ0) is 13.5. The number of nitrogens with zero attached hydrogens (tertiary/aromatic N) is 1. The minimum absolute atomic E-state index is 0.421. The molecule has 0 amide bonds. The van der Waals surface area contributed by atoms with Gasteiger partial charge in [-0.1, -0.05) is 27.7 Å². The molecule has 0 aromatic heterocycles. The Morgan fingerprint density at radius 1 is 0.941 bits per heavy atom. The van der Waals surface area contributed by atoms with Gasteiger partial charge in [-0.2, -0.15) is 4.89 Å². The van der Waals surface area contributed by atoms with E-state index < -0.39 is 11.1 Å². The van der Waals surface area contributed by atoms with E-state index >= 15 is 0 Å². The molecule has 0 rings (SSSR count). The summed E-state index contributed by atoms with van der Waals surface area (Å²) in [5.74, 6) is 0. The molecule has 17 heavy (non-hydrogen) atoms. The summed E-state index contributed by atoms with van der Waals surface area (Å²) in [6.07, 6.45) is 2.92. The van der Waals surface area contributed by atoms with Crippen LogP contribution in [0.5, 0.6) is 0 Å². The lowest BCUT2D eigenvalue weighted by Gasteiger charge is -2.42. The number of hydrogen-bond acceptors (Lipinski definition) is 5. The van der Waals surface area contributed by atoms with Crippen molar-refractivity contribution in [2.24, 2.45) is 0 Å². The van der Waals surface area contributed by atoms with E-state index in [-0.39, 0.29) is 0 Å². The molecular formula is C12H26NO4-. The van der Waals surface area contributed by atoms with Crippen molar-refractivity contribution in [2.45, 2.75) is 78.4 Å². The minimum Gasteiger partial charge on any atom is -0.759 e. The fraction of sp³-hybridized carbons (Fsp3) is 1.00. The van der Waals surface area contributed by atoms with Gasteiger partial charge in [0, 0.05) is 5.54 Å². The van der Waals surface area contributed by atoms with Crippen molar-refractivity contribution in [3.63, 3.8) is 0 Å². The Bertz CT molecular complexity index is 203. The monoisotopic (exact) mass is 248 g/mol. The second-order valence-electron chi connectivity index (χ2n) is 4.84. The van der Waals surface area contributed by atoms with Gasteiger partial charge in [-0.05, 0) is 44.6 Å². The van der Waals surface area contributed by atoms with E-state index in [1.807, 2.05) is 41.5 Å². The molecule has 0 fully saturated rings. The third-order valence-electron chi connectivity index (χ3n) is 3.79. The first kappa shape index (κ1) is 16.8. The van der Waals surface area contributed by atoms with Crippen LogP contribution in [-0.2, 0) is 14.9 Å². The van der Waals surface area contributed by atoms with Gasteiger partial charge in [-0.15, -0.1) is 4.99 Å². The average Bonchev–Trinajstić information content (AvgIpc) is 2.37. The van der Waals surface area contributed by atoms with Crippen molar-refractivity contribution in [3.05, 3.63) is 5.21 Å². The van der Waals surface area contributed by atoms with E-state index in [0.717, 1.165) is 12.8 Å². The van der Waals surface area contributed by atoms with Crippen LogP contribution >= 0.6 is 0 Å². The average molecular weight is 248 g/mol. The summed E-state index contributed by atoms with van der Waals surface area (Å²) in [6.45, 7) is 11.6. The first-order chi connectivity index (χ1) is 7.87. The quantitative estimate of drug-likeness (QED) is 0.459. The van der Waals surface area contributed by atoms with Gasteiger partial charge in [0.25, 0.3) is 0 Å². The van der Waals surface area contributed by atoms with Crippen molar-refractivity contribution in [1.29, 1.82) is 0 Å². The third kappa shape index (κ3) is 4.89. The van der Waals surface area contributed by atoms with Gasteiger partial charge >= 0.3 is 0 Å². The van der Waals surface area contributed by atoms with E-state index in [0.29, 0.717) is 18.1 Å². The predicted molar refractivity (Wildman–Crippen MR) is 66.4 cm³/mol. The van der Waals surface area contributed by atoms with Gasteiger partial charge in [0.05, 0.1) is 0 Å². The molecule has 0 radical (unpaired) electrons. The molecule has 104 valence electrons. The fourth-order valence-corrected chi connectivity index (χ4v) is 1.09. The lowest BCUT2D eigenvalue weighted by Crippen LogP contribution is -2.42. The normalized spacial score (nSPS) is 13.4. The Kier molecular flexibility index (Phi) is 7.20. The maximum Gasteiger partial charge on any atom is 0.103 e. The van der Waals surface area contributed by atoms with Crippen molar-refractivity contribution in [1.82, 2.24) is 5.23 Å². The lowest BCUT2D eigenvalue weighted by molar-refractivity contribution is -0.604. The van der Waals surface area contributed by atoms with Crippen molar-refractivity contribution >= 4 is 0 Å². The van der Waals surface area contributed by atoms with Gasteiger partial charge in [0.15, 0.2) is 0 Å². The molecule has 5 heteroatoms. The predicted octanol–water partition coefficient (Wildman–Crippen LogP) is 3.74. The second-order valence-corrected chi connectivity index (χ2v) is 4.84. The van der Waals surface area contributed by atoms with Gasteiger partial charge in [0.1, 0.15) is 5.60 Å². The van der Waals surface area contributed by atoms with Crippen molar-refractivity contribution in [2.75, 3.05) is 0 Å². The van der Waals surface area contributed by atoms with Crippen LogP contribution in [0, 0.1) is 5.21 Å². The fourth-order valence-electron chi connectivity index (χ4n) is 1.09. The molecule has 0 N–H and O–H groups in total. The van der Waals surface area contributed by atoms with Crippen LogP contribution in [0.3, 0.4) is 0 Å². The number of hydrogen-bond donors (Lipinski definition) is 0. The Morgan fingerprint density at radius 3 is 1.76 bits per heavy atom. The summed E-state index contributed by atoms with van der Waals surface area (Å²) >= 11 is 0. The zero-order valence-corrected chi connectivity index (χ0v) is 11.9. The third-order valence-corrected chi connectivity index (χ3v) is 3.79. The van der Waals surface area contributed by atoms with E-state index in [9.17, 15) is 5.21 Å². The van der Waals surface area contributed by atoms with E-state index in [2.05, 4.69) is 10.0 Å². The van der Waals surface area contributed by atoms with E-state index in [1.165, 1.54) is 0 Å². The highest BCUT2D eigenvalue weighted by molar-refractivity contribution is 4.78. The van der Waals surface area contributed by atoms with Gasteiger partial charge < -0.3 is 5.21 Å². The van der Waals surface area contributed by atoms with Crippen molar-refractivity contribution < 1.29 is 14.9 Å². The molecule has 0 unspecified atom stereocenters. The van der Waals surface area contributed by atoms with E-state index in [1.54, 1.807) is 0 Å². The second kappa shape index (κ2) is 7.28. The van der Waals surface area contributed by atoms with Crippen LogP contribution in [0.25, 0.3) is 0 Å². The lowest BCUT2D eigenvalue weighted by atomic mass is 9.97. The molecule has 0 heterocycles. The Morgan fingerprint density at radius 2 is 1.41 bits per heavy atom. The Hall–Kier alpha value is -0.200. The molecule has 0 aliphatic carbocycles. The van der Waals surface area contributed by atoms with Crippen LogP contribution in [0.1, 0.15) is 67.2 Å². The highest BCUT2D eigenvalue weighted by Crippen LogP contribution is 2.24.